The van der Waals surface area contributed by atoms with Gasteiger partial charge < -0.3 is 20.7 Å². The predicted octanol–water partition coefficient (Wildman–Crippen LogP) is 2.33. The molecule has 3 fully saturated rings. The lowest BCUT2D eigenvalue weighted by molar-refractivity contribution is 0.0973. The van der Waals surface area contributed by atoms with Crippen molar-refractivity contribution in [2.24, 2.45) is 29.1 Å². The zero-order chi connectivity index (χ0) is 24.3. The molecule has 0 aromatic carbocycles. The van der Waals surface area contributed by atoms with Gasteiger partial charge in [-0.15, -0.1) is 0 Å². The first-order valence-electron chi connectivity index (χ1n) is 12.5. The van der Waals surface area contributed by atoms with E-state index < -0.39 is 0 Å². The lowest BCUT2D eigenvalue weighted by Crippen LogP contribution is -2.51. The Labute approximate surface area is 209 Å². The molecule has 2 saturated heterocycles. The van der Waals surface area contributed by atoms with Crippen molar-refractivity contribution in [2.75, 3.05) is 36.5 Å². The first kappa shape index (κ1) is 22.9. The molecule has 0 radical (unpaired) electrons. The second kappa shape index (κ2) is 8.57. The third-order valence-electron chi connectivity index (χ3n) is 8.25. The van der Waals surface area contributed by atoms with Crippen molar-refractivity contribution in [3.63, 3.8) is 0 Å². The Hall–Kier alpha value is -2.49. The largest absolute Gasteiger partial charge is 0.376 e. The number of nitrogens with two attached hydrogens (primary N) is 1. The van der Waals surface area contributed by atoms with E-state index in [1.165, 1.54) is 12.8 Å². The monoisotopic (exact) mass is 497 g/mol. The van der Waals surface area contributed by atoms with Crippen LogP contribution in [0.2, 0.25) is 5.02 Å². The molecular weight excluding hydrogens is 466 g/mol. The Bertz CT molecular complexity index is 1250. The van der Waals surface area contributed by atoms with Gasteiger partial charge in [0.2, 0.25) is 5.95 Å². The number of nitrogens with one attached hydrogen (secondary N) is 1. The summed E-state index contributed by atoms with van der Waals surface area (Å²) in [5.74, 6) is 2.02. The van der Waals surface area contributed by atoms with Crippen LogP contribution in [0.4, 0.5) is 11.8 Å². The Kier molecular flexibility index (Phi) is 5.62. The van der Waals surface area contributed by atoms with Gasteiger partial charge >= 0.3 is 0 Å². The summed E-state index contributed by atoms with van der Waals surface area (Å²) in [7, 11) is 1.79. The van der Waals surface area contributed by atoms with E-state index in [0.29, 0.717) is 52.8 Å². The molecule has 10 heteroatoms. The van der Waals surface area contributed by atoms with Gasteiger partial charge in [0.15, 0.2) is 0 Å². The second-order valence-electron chi connectivity index (χ2n) is 10.5. The van der Waals surface area contributed by atoms with Crippen molar-refractivity contribution in [2.45, 2.75) is 51.3 Å². The fourth-order valence-corrected chi connectivity index (χ4v) is 5.93. The van der Waals surface area contributed by atoms with Crippen LogP contribution < -0.4 is 21.5 Å². The van der Waals surface area contributed by atoms with Crippen LogP contribution in [0.1, 0.15) is 49.4 Å². The molecule has 0 bridgehead atoms. The Balaban J connectivity index is 1.26. The molecule has 3 aliphatic heterocycles. The van der Waals surface area contributed by atoms with Gasteiger partial charge in [-0.2, -0.15) is 0 Å². The number of aliphatic imine (C=N–C) groups is 1. The smallest absolute Gasteiger partial charge is 0.264 e. The average molecular weight is 498 g/mol. The Morgan fingerprint density at radius 2 is 2.09 bits per heavy atom. The zero-order valence-corrected chi connectivity index (χ0v) is 21.0. The number of fused-ring (bicyclic) bond motifs is 1. The Morgan fingerprint density at radius 1 is 1.31 bits per heavy atom. The molecule has 0 unspecified atom stereocenters. The number of hydrogen-bond acceptors (Lipinski definition) is 8. The van der Waals surface area contributed by atoms with Crippen molar-refractivity contribution < 1.29 is 4.74 Å². The lowest BCUT2D eigenvalue weighted by Gasteiger charge is -2.41. The number of aromatic nitrogens is 3. The van der Waals surface area contributed by atoms with Crippen LogP contribution >= 0.6 is 11.6 Å². The molecule has 4 aliphatic rings. The van der Waals surface area contributed by atoms with E-state index in [0.717, 1.165) is 38.0 Å². The first-order chi connectivity index (χ1) is 16.9. The summed E-state index contributed by atoms with van der Waals surface area (Å²) < 4.78 is 7.50. The van der Waals surface area contributed by atoms with Crippen molar-refractivity contribution in [3.05, 3.63) is 44.5 Å². The van der Waals surface area contributed by atoms with Crippen molar-refractivity contribution in [3.8, 4) is 0 Å². The third kappa shape index (κ3) is 3.84. The van der Waals surface area contributed by atoms with Gasteiger partial charge in [0.1, 0.15) is 5.82 Å². The van der Waals surface area contributed by atoms with Gasteiger partial charge in [-0.1, -0.05) is 11.6 Å². The van der Waals surface area contributed by atoms with E-state index in [4.69, 9.17) is 32.0 Å². The summed E-state index contributed by atoms with van der Waals surface area (Å²) in [4.78, 5) is 29.8. The maximum absolute atomic E-state index is 13.6. The van der Waals surface area contributed by atoms with Gasteiger partial charge in [0, 0.05) is 49.9 Å². The number of anilines is 2. The average Bonchev–Trinajstić information content (AvgIpc) is 3.54. The van der Waals surface area contributed by atoms with E-state index >= 15 is 0 Å². The number of pyridine rings is 1. The van der Waals surface area contributed by atoms with Crippen LogP contribution in [0.5, 0.6) is 0 Å². The molecule has 0 amide bonds. The predicted molar refractivity (Wildman–Crippen MR) is 137 cm³/mol. The molecule has 2 aromatic rings. The standard InChI is InChI=1S/C25H32ClN7O2/c1-14-21(27)25(13-35-14)6-9-33(10-7-25)24-31-17-12-29-20(18(17)23(34)32(24)2)16-5-8-28-22(19(16)26)30-11-15-3-4-15/h5,8,14-15,21H,3-4,6-7,9-13,27H2,1-2H3,(H,28,30)/t14-,21+/m0/s1. The Morgan fingerprint density at radius 3 is 2.77 bits per heavy atom. The van der Waals surface area contributed by atoms with Crippen LogP contribution in [0.3, 0.4) is 0 Å². The van der Waals surface area contributed by atoms with E-state index in [9.17, 15) is 4.79 Å². The number of ether oxygens (including phenoxy) is 1. The highest BCUT2D eigenvalue weighted by Gasteiger charge is 2.48. The zero-order valence-electron chi connectivity index (χ0n) is 20.3. The molecule has 186 valence electrons. The number of piperidine rings is 1. The minimum atomic E-state index is -0.101. The molecular formula is C25H32ClN7O2. The van der Waals surface area contributed by atoms with Crippen LogP contribution in [0.15, 0.2) is 22.1 Å². The van der Waals surface area contributed by atoms with Gasteiger partial charge in [0.25, 0.3) is 5.56 Å². The van der Waals surface area contributed by atoms with Gasteiger partial charge in [-0.25, -0.2) is 9.97 Å². The summed E-state index contributed by atoms with van der Waals surface area (Å²) in [6.45, 7) is 5.58. The summed E-state index contributed by atoms with van der Waals surface area (Å²) in [5, 5.41) is 3.84. The molecule has 3 N–H and O–H groups in total. The molecule has 2 atom stereocenters. The lowest BCUT2D eigenvalue weighted by atomic mass is 9.73. The molecule has 1 saturated carbocycles. The van der Waals surface area contributed by atoms with Gasteiger partial charge in [-0.3, -0.25) is 14.4 Å². The summed E-state index contributed by atoms with van der Waals surface area (Å²) in [5.41, 5.74) is 8.95. The van der Waals surface area contributed by atoms with E-state index in [-0.39, 0.29) is 23.1 Å². The molecule has 1 spiro atoms. The maximum atomic E-state index is 13.6. The molecule has 1 aliphatic carbocycles. The summed E-state index contributed by atoms with van der Waals surface area (Å²) >= 11 is 6.72. The summed E-state index contributed by atoms with van der Waals surface area (Å²) in [6, 6.07) is 1.87. The molecule has 2 aromatic heterocycles. The fourth-order valence-electron chi connectivity index (χ4n) is 5.66. The van der Waals surface area contributed by atoms with Crippen LogP contribution in [0, 0.1) is 11.3 Å². The highest BCUT2D eigenvalue weighted by atomic mass is 35.5. The van der Waals surface area contributed by atoms with Crippen LogP contribution in [-0.2, 0) is 18.3 Å². The number of hydrogen-bond donors (Lipinski definition) is 2. The van der Waals surface area contributed by atoms with Crippen LogP contribution in [0.25, 0.3) is 0 Å². The van der Waals surface area contributed by atoms with E-state index in [1.807, 2.05) is 6.07 Å². The van der Waals surface area contributed by atoms with E-state index in [1.54, 1.807) is 17.8 Å². The molecule has 5 heterocycles. The normalized spacial score (nSPS) is 25.1. The van der Waals surface area contributed by atoms with Crippen LogP contribution in [-0.4, -0.2) is 58.6 Å². The highest BCUT2D eigenvalue weighted by molar-refractivity contribution is 6.37. The number of rotatable bonds is 5. The minimum Gasteiger partial charge on any atom is -0.376 e. The van der Waals surface area contributed by atoms with Gasteiger partial charge in [-0.05, 0) is 44.6 Å². The number of halogens is 1. The molecule has 9 nitrogen and oxygen atoms in total. The highest BCUT2D eigenvalue weighted by Crippen LogP contribution is 2.42. The summed E-state index contributed by atoms with van der Waals surface area (Å²) in [6.07, 6.45) is 6.14. The molecule has 35 heavy (non-hydrogen) atoms. The third-order valence-corrected chi connectivity index (χ3v) is 8.64. The first-order valence-corrected chi connectivity index (χ1v) is 12.9. The minimum absolute atomic E-state index is 0.0190. The van der Waals surface area contributed by atoms with Crippen molar-refractivity contribution >= 4 is 29.1 Å². The number of nitrogens with zero attached hydrogens (tertiary/aromatic N) is 5. The van der Waals surface area contributed by atoms with E-state index in [2.05, 4.69) is 22.1 Å². The fraction of sp³-hybridized carbons (Fsp3) is 0.600. The molecule has 6 rings (SSSR count). The van der Waals surface area contributed by atoms with Crippen molar-refractivity contribution in [1.82, 2.24) is 14.5 Å². The topological polar surface area (TPSA) is 111 Å². The van der Waals surface area contributed by atoms with Gasteiger partial charge in [0.05, 0.1) is 41.2 Å². The quantitative estimate of drug-likeness (QED) is 0.652. The SMILES string of the molecule is C[C@@H]1OCC2(CCN(c3nc4c(c(=O)n3C)C(c3ccnc(NCC5CC5)c3Cl)=NC4)CC2)[C@@H]1N. The van der Waals surface area contributed by atoms with Crippen molar-refractivity contribution in [1.29, 1.82) is 0 Å². The second-order valence-corrected chi connectivity index (χ2v) is 10.9. The maximum Gasteiger partial charge on any atom is 0.264 e.